The van der Waals surface area contributed by atoms with E-state index in [0.29, 0.717) is 0 Å². The maximum Gasteiger partial charge on any atom is 0.0940 e. The summed E-state index contributed by atoms with van der Waals surface area (Å²) in [6.07, 6.45) is -0.427. The fraction of sp³-hybridized carbons (Fsp3) is 0.538. The normalized spacial score (nSPS) is 15.0. The Kier molecular flexibility index (Phi) is 4.30. The minimum atomic E-state index is -0.427. The topological polar surface area (TPSA) is 32.3 Å². The summed E-state index contributed by atoms with van der Waals surface area (Å²) < 4.78 is 0. The third-order valence-electron chi connectivity index (χ3n) is 2.87. The molecule has 2 nitrogen and oxygen atoms in total. The average molecular weight is 207 g/mol. The second kappa shape index (κ2) is 5.29. The number of hydrogen-bond acceptors (Lipinski definition) is 2. The van der Waals surface area contributed by atoms with Crippen molar-refractivity contribution < 1.29 is 5.11 Å². The number of aliphatic hydroxyl groups is 1. The number of rotatable bonds is 4. The monoisotopic (exact) mass is 207 g/mol. The standard InChI is InChI=1S/C13H21NO/c1-5-14-11(4)13(15)12-7-6-9(2)10(3)8-12/h6-8,11,13-15H,5H2,1-4H3/t11-,13-/m1/s1. The number of hydrogen-bond donors (Lipinski definition) is 2. The third-order valence-corrected chi connectivity index (χ3v) is 2.87. The zero-order valence-corrected chi connectivity index (χ0v) is 10.0. The van der Waals surface area contributed by atoms with Crippen LogP contribution in [0.1, 0.15) is 36.6 Å². The van der Waals surface area contributed by atoms with E-state index in [1.54, 1.807) is 0 Å². The summed E-state index contributed by atoms with van der Waals surface area (Å²) in [6.45, 7) is 9.08. The van der Waals surface area contributed by atoms with Crippen molar-refractivity contribution in [1.82, 2.24) is 5.32 Å². The van der Waals surface area contributed by atoms with E-state index in [-0.39, 0.29) is 6.04 Å². The van der Waals surface area contributed by atoms with Crippen LogP contribution >= 0.6 is 0 Å². The molecule has 0 spiro atoms. The van der Waals surface area contributed by atoms with E-state index in [2.05, 4.69) is 31.3 Å². The Bertz CT molecular complexity index is 322. The molecule has 0 bridgehead atoms. The second-order valence-electron chi connectivity index (χ2n) is 4.13. The molecule has 84 valence electrons. The molecule has 0 aromatic heterocycles. The van der Waals surface area contributed by atoms with Gasteiger partial charge in [-0.2, -0.15) is 0 Å². The Morgan fingerprint density at radius 3 is 2.47 bits per heavy atom. The zero-order chi connectivity index (χ0) is 11.4. The first-order valence-electron chi connectivity index (χ1n) is 5.54. The number of aliphatic hydroxyl groups excluding tert-OH is 1. The fourth-order valence-electron chi connectivity index (χ4n) is 1.67. The molecule has 1 aromatic carbocycles. The lowest BCUT2D eigenvalue weighted by Crippen LogP contribution is -2.31. The summed E-state index contributed by atoms with van der Waals surface area (Å²) >= 11 is 0. The average Bonchev–Trinajstić information content (AvgIpc) is 2.21. The highest BCUT2D eigenvalue weighted by Crippen LogP contribution is 2.19. The van der Waals surface area contributed by atoms with E-state index in [1.165, 1.54) is 11.1 Å². The molecule has 1 rings (SSSR count). The molecule has 2 heteroatoms. The Balaban J connectivity index is 2.81. The first-order chi connectivity index (χ1) is 7.06. The van der Waals surface area contributed by atoms with Crippen molar-refractivity contribution in [2.75, 3.05) is 6.54 Å². The SMILES string of the molecule is CCN[C@H](C)[C@@H](O)c1ccc(C)c(C)c1. The van der Waals surface area contributed by atoms with Crippen LogP contribution in [0.5, 0.6) is 0 Å². The lowest BCUT2D eigenvalue weighted by molar-refractivity contribution is 0.137. The van der Waals surface area contributed by atoms with Gasteiger partial charge in [-0.25, -0.2) is 0 Å². The predicted molar refractivity (Wildman–Crippen MR) is 64.0 cm³/mol. The van der Waals surface area contributed by atoms with E-state index < -0.39 is 6.10 Å². The Morgan fingerprint density at radius 1 is 1.27 bits per heavy atom. The molecule has 0 saturated heterocycles. The Hall–Kier alpha value is -0.860. The van der Waals surface area contributed by atoms with Crippen LogP contribution in [0.2, 0.25) is 0 Å². The van der Waals surface area contributed by atoms with E-state index >= 15 is 0 Å². The van der Waals surface area contributed by atoms with Gasteiger partial charge in [-0.1, -0.05) is 25.1 Å². The Morgan fingerprint density at radius 2 is 1.93 bits per heavy atom. The summed E-state index contributed by atoms with van der Waals surface area (Å²) in [5.74, 6) is 0. The predicted octanol–water partition coefficient (Wildman–Crippen LogP) is 2.33. The molecule has 15 heavy (non-hydrogen) atoms. The summed E-state index contributed by atoms with van der Waals surface area (Å²) in [5, 5.41) is 13.3. The van der Waals surface area contributed by atoms with Crippen LogP contribution in [0.15, 0.2) is 18.2 Å². The van der Waals surface area contributed by atoms with Crippen LogP contribution in [0.4, 0.5) is 0 Å². The number of benzene rings is 1. The highest BCUT2D eigenvalue weighted by Gasteiger charge is 2.15. The van der Waals surface area contributed by atoms with Gasteiger partial charge in [0.05, 0.1) is 6.10 Å². The number of nitrogens with one attached hydrogen (secondary N) is 1. The van der Waals surface area contributed by atoms with Gasteiger partial charge < -0.3 is 10.4 Å². The highest BCUT2D eigenvalue weighted by atomic mass is 16.3. The maximum absolute atomic E-state index is 10.1. The van der Waals surface area contributed by atoms with Crippen LogP contribution in [0, 0.1) is 13.8 Å². The van der Waals surface area contributed by atoms with Gasteiger partial charge in [0, 0.05) is 6.04 Å². The summed E-state index contributed by atoms with van der Waals surface area (Å²) in [7, 11) is 0. The molecular formula is C13H21NO. The van der Waals surface area contributed by atoms with Gasteiger partial charge in [0.2, 0.25) is 0 Å². The fourth-order valence-corrected chi connectivity index (χ4v) is 1.67. The smallest absolute Gasteiger partial charge is 0.0940 e. The third kappa shape index (κ3) is 3.05. The summed E-state index contributed by atoms with van der Waals surface area (Å²) in [5.41, 5.74) is 3.49. The molecule has 0 aliphatic carbocycles. The number of likely N-dealkylation sites (N-methyl/N-ethyl adjacent to an activating group) is 1. The Labute approximate surface area is 92.3 Å². The molecule has 0 fully saturated rings. The number of aryl methyl sites for hydroxylation is 2. The van der Waals surface area contributed by atoms with Crippen molar-refractivity contribution in [1.29, 1.82) is 0 Å². The van der Waals surface area contributed by atoms with Crippen molar-refractivity contribution in [3.8, 4) is 0 Å². The maximum atomic E-state index is 10.1. The highest BCUT2D eigenvalue weighted by molar-refractivity contribution is 5.31. The molecular weight excluding hydrogens is 186 g/mol. The first kappa shape index (κ1) is 12.2. The minimum absolute atomic E-state index is 0.0945. The van der Waals surface area contributed by atoms with Gasteiger partial charge in [0.1, 0.15) is 0 Å². The van der Waals surface area contributed by atoms with Gasteiger partial charge >= 0.3 is 0 Å². The lowest BCUT2D eigenvalue weighted by atomic mass is 9.99. The van der Waals surface area contributed by atoms with Gasteiger partial charge in [0.15, 0.2) is 0 Å². The second-order valence-corrected chi connectivity index (χ2v) is 4.13. The molecule has 0 aliphatic rings. The van der Waals surface area contributed by atoms with Crippen LogP contribution in [0.25, 0.3) is 0 Å². The zero-order valence-electron chi connectivity index (χ0n) is 10.0. The van der Waals surface area contributed by atoms with Crippen molar-refractivity contribution >= 4 is 0 Å². The quantitative estimate of drug-likeness (QED) is 0.794. The van der Waals surface area contributed by atoms with E-state index in [1.807, 2.05) is 19.9 Å². The van der Waals surface area contributed by atoms with Crippen LogP contribution in [0.3, 0.4) is 0 Å². The van der Waals surface area contributed by atoms with E-state index in [4.69, 9.17) is 0 Å². The molecule has 2 atom stereocenters. The first-order valence-corrected chi connectivity index (χ1v) is 5.54. The molecule has 0 unspecified atom stereocenters. The van der Waals surface area contributed by atoms with Crippen LogP contribution < -0.4 is 5.32 Å². The van der Waals surface area contributed by atoms with Crippen molar-refractivity contribution in [2.45, 2.75) is 39.8 Å². The molecule has 1 aromatic rings. The largest absolute Gasteiger partial charge is 0.387 e. The van der Waals surface area contributed by atoms with Crippen LogP contribution in [-0.4, -0.2) is 17.7 Å². The van der Waals surface area contributed by atoms with E-state index in [0.717, 1.165) is 12.1 Å². The lowest BCUT2D eigenvalue weighted by Gasteiger charge is -2.20. The molecule has 0 radical (unpaired) electrons. The van der Waals surface area contributed by atoms with Crippen molar-refractivity contribution in [2.24, 2.45) is 0 Å². The van der Waals surface area contributed by atoms with Gasteiger partial charge in [-0.3, -0.25) is 0 Å². The molecule has 0 saturated carbocycles. The summed E-state index contributed by atoms with van der Waals surface area (Å²) in [6, 6.07) is 6.22. The van der Waals surface area contributed by atoms with Crippen molar-refractivity contribution in [3.63, 3.8) is 0 Å². The molecule has 2 N–H and O–H groups in total. The van der Waals surface area contributed by atoms with Gasteiger partial charge in [0.25, 0.3) is 0 Å². The summed E-state index contributed by atoms with van der Waals surface area (Å²) in [4.78, 5) is 0. The molecule has 0 amide bonds. The molecule has 0 heterocycles. The van der Waals surface area contributed by atoms with Crippen molar-refractivity contribution in [3.05, 3.63) is 34.9 Å². The molecule has 0 aliphatic heterocycles. The van der Waals surface area contributed by atoms with E-state index in [9.17, 15) is 5.11 Å². The van der Waals surface area contributed by atoms with Gasteiger partial charge in [-0.05, 0) is 44.0 Å². The van der Waals surface area contributed by atoms with Gasteiger partial charge in [-0.15, -0.1) is 0 Å². The minimum Gasteiger partial charge on any atom is -0.387 e. The van der Waals surface area contributed by atoms with Crippen LogP contribution in [-0.2, 0) is 0 Å².